The molecule has 3 aromatic rings. The summed E-state index contributed by atoms with van der Waals surface area (Å²) in [7, 11) is 0. The first kappa shape index (κ1) is 30.9. The average molecular weight is 610 g/mol. The number of aliphatic hydroxyl groups excluding tert-OH is 7. The van der Waals surface area contributed by atoms with Crippen LogP contribution >= 0.6 is 0 Å². The van der Waals surface area contributed by atoms with Crippen molar-refractivity contribution >= 4 is 11.0 Å². The molecule has 0 saturated carbocycles. The molecule has 0 bridgehead atoms. The molecule has 9 N–H and O–H groups in total. The lowest BCUT2D eigenvalue weighted by atomic mass is 9.97. The highest BCUT2D eigenvalue weighted by Crippen LogP contribution is 2.37. The van der Waals surface area contributed by atoms with Gasteiger partial charge in [-0.05, 0) is 30.3 Å². The van der Waals surface area contributed by atoms with Crippen LogP contribution < -0.4 is 15.3 Å². The fraction of sp³-hybridized carbons (Fsp3) is 0.444. The van der Waals surface area contributed by atoms with E-state index < -0.39 is 103 Å². The first-order valence-corrected chi connectivity index (χ1v) is 13.0. The second-order valence-corrected chi connectivity index (χ2v) is 10.1. The summed E-state index contributed by atoms with van der Waals surface area (Å²) in [4.78, 5) is 13.7. The normalized spacial score (nSPS) is 33.0. The van der Waals surface area contributed by atoms with E-state index in [0.717, 1.165) is 12.1 Å². The minimum atomic E-state index is -1.94. The van der Waals surface area contributed by atoms with Crippen LogP contribution in [0.25, 0.3) is 22.3 Å². The Morgan fingerprint density at radius 3 is 2.00 bits per heavy atom. The van der Waals surface area contributed by atoms with Crippen LogP contribution in [0.3, 0.4) is 0 Å². The van der Waals surface area contributed by atoms with Crippen molar-refractivity contribution in [2.45, 2.75) is 61.4 Å². The molecule has 2 aromatic carbocycles. The van der Waals surface area contributed by atoms with Crippen molar-refractivity contribution in [3.63, 3.8) is 0 Å². The van der Waals surface area contributed by atoms with Gasteiger partial charge >= 0.3 is 0 Å². The maximum absolute atomic E-state index is 13.7. The second kappa shape index (κ2) is 12.2. The Morgan fingerprint density at radius 2 is 1.37 bits per heavy atom. The fourth-order valence-electron chi connectivity index (χ4n) is 4.91. The molecule has 16 heteroatoms. The van der Waals surface area contributed by atoms with Gasteiger partial charge in [-0.2, -0.15) is 0 Å². The van der Waals surface area contributed by atoms with Crippen LogP contribution in [0.5, 0.6) is 23.0 Å². The van der Waals surface area contributed by atoms with E-state index in [4.69, 9.17) is 23.4 Å². The zero-order valence-electron chi connectivity index (χ0n) is 22.0. The quantitative estimate of drug-likeness (QED) is 0.129. The van der Waals surface area contributed by atoms with Crippen LogP contribution in [0.1, 0.15) is 0 Å². The molecule has 16 nitrogen and oxygen atoms in total. The van der Waals surface area contributed by atoms with Crippen LogP contribution in [-0.4, -0.2) is 121 Å². The van der Waals surface area contributed by atoms with Gasteiger partial charge in [0.05, 0.1) is 18.6 Å². The van der Waals surface area contributed by atoms with Gasteiger partial charge in [0.1, 0.15) is 59.8 Å². The topological polar surface area (TPSA) is 272 Å². The Labute approximate surface area is 241 Å². The van der Waals surface area contributed by atoms with Crippen molar-refractivity contribution in [1.82, 2.24) is 0 Å². The van der Waals surface area contributed by atoms with Crippen LogP contribution in [0, 0.1) is 0 Å². The third-order valence-electron chi connectivity index (χ3n) is 7.23. The lowest BCUT2D eigenvalue weighted by molar-refractivity contribution is -0.358. The molecule has 43 heavy (non-hydrogen) atoms. The Bertz CT molecular complexity index is 1490. The van der Waals surface area contributed by atoms with Gasteiger partial charge in [0, 0.05) is 11.6 Å². The largest absolute Gasteiger partial charge is 0.872 e. The highest BCUT2D eigenvalue weighted by atomic mass is 16.8. The van der Waals surface area contributed by atoms with E-state index in [1.807, 2.05) is 0 Å². The number of hydrogen-bond acceptors (Lipinski definition) is 16. The highest BCUT2D eigenvalue weighted by molar-refractivity contribution is 5.88. The summed E-state index contributed by atoms with van der Waals surface area (Å²) >= 11 is 0. The number of ether oxygens (including phenoxy) is 4. The molecule has 5 rings (SSSR count). The Morgan fingerprint density at radius 1 is 0.767 bits per heavy atom. The number of phenolic OH excluding ortho intramolecular Hbond substituents is 2. The highest BCUT2D eigenvalue weighted by Gasteiger charge is 2.51. The molecule has 2 saturated heterocycles. The average Bonchev–Trinajstić information content (AvgIpc) is 2.97. The molecule has 10 atom stereocenters. The van der Waals surface area contributed by atoms with Crippen LogP contribution in [0.15, 0.2) is 45.6 Å². The number of rotatable bonds is 7. The smallest absolute Gasteiger partial charge is 0.234 e. The van der Waals surface area contributed by atoms with E-state index >= 15 is 0 Å². The molecule has 2 aliphatic rings. The van der Waals surface area contributed by atoms with Gasteiger partial charge in [0.25, 0.3) is 0 Å². The Kier molecular flexibility index (Phi) is 8.77. The zero-order valence-corrected chi connectivity index (χ0v) is 22.0. The van der Waals surface area contributed by atoms with E-state index in [2.05, 4.69) is 0 Å². The standard InChI is InChI=1S/C27H30O16/c28-7-14-17(33)20(36)22(38)26(40-14)43-25-21(37)18(34)15(8-29)41-27(25)42-24-19(35)16-12(32)5-11(31)6-13(16)39-23(24)9-1-3-10(30)4-2-9/h1-6,14-15,17-18,20-22,25-34,36-38H,7-8H2/p-1/t14-,15-,17-,18-,20+,21+,22-,25-,26+,27+/m1/s1. The number of aromatic hydroxyl groups is 2. The predicted octanol–water partition coefficient (Wildman–Crippen LogP) is -3.05. The van der Waals surface area contributed by atoms with Gasteiger partial charge in [-0.15, -0.1) is 0 Å². The summed E-state index contributed by atoms with van der Waals surface area (Å²) in [5, 5.41) is 103. The zero-order chi connectivity index (χ0) is 31.2. The number of aliphatic hydroxyl groups is 7. The molecule has 0 unspecified atom stereocenters. The molecule has 2 fully saturated rings. The third-order valence-corrected chi connectivity index (χ3v) is 7.23. The summed E-state index contributed by atoms with van der Waals surface area (Å²) in [5.41, 5.74) is -1.22. The molecule has 0 radical (unpaired) electrons. The van der Waals surface area contributed by atoms with Gasteiger partial charge in [0.15, 0.2) is 18.2 Å². The molecule has 1 aromatic heterocycles. The SMILES string of the molecule is O=c1c(O[C@@H]2O[C@H](CO)[C@@H](O)[C@H](O)[C@H]2O[C@@H]2O[C@H](CO)[C@@H](O)[C@H](O)[C@H]2O)c(-c2ccc(O)cc2)oc2cc(O)cc([O-])c12. The summed E-state index contributed by atoms with van der Waals surface area (Å²) < 4.78 is 28.2. The molecule has 0 spiro atoms. The molecule has 2 aliphatic heterocycles. The van der Waals surface area contributed by atoms with Crippen molar-refractivity contribution in [1.29, 1.82) is 0 Å². The van der Waals surface area contributed by atoms with Crippen LogP contribution in [-0.2, 0) is 14.2 Å². The minimum Gasteiger partial charge on any atom is -0.872 e. The van der Waals surface area contributed by atoms with E-state index in [1.165, 1.54) is 24.3 Å². The molecular weight excluding hydrogens is 580 g/mol. The number of phenols is 2. The molecular formula is C27H29O16-. The van der Waals surface area contributed by atoms with E-state index in [1.54, 1.807) is 0 Å². The number of hydrogen-bond donors (Lipinski definition) is 9. The third kappa shape index (κ3) is 5.73. The van der Waals surface area contributed by atoms with Crippen molar-refractivity contribution in [3.8, 4) is 34.3 Å². The first-order chi connectivity index (χ1) is 20.4. The minimum absolute atomic E-state index is 0.139. The van der Waals surface area contributed by atoms with Gasteiger partial charge in [-0.1, -0.05) is 5.75 Å². The lowest BCUT2D eigenvalue weighted by Crippen LogP contribution is -2.65. The molecule has 3 heterocycles. The maximum Gasteiger partial charge on any atom is 0.234 e. The van der Waals surface area contributed by atoms with Gasteiger partial charge < -0.3 is 74.4 Å². The van der Waals surface area contributed by atoms with Crippen molar-refractivity contribution in [2.75, 3.05) is 13.2 Å². The second-order valence-electron chi connectivity index (χ2n) is 10.1. The van der Waals surface area contributed by atoms with Crippen LogP contribution in [0.4, 0.5) is 0 Å². The predicted molar refractivity (Wildman–Crippen MR) is 138 cm³/mol. The molecule has 0 amide bonds. The molecule has 0 aliphatic carbocycles. The fourth-order valence-corrected chi connectivity index (χ4v) is 4.91. The Balaban J connectivity index is 1.60. The van der Waals surface area contributed by atoms with Gasteiger partial charge in [-0.25, -0.2) is 0 Å². The van der Waals surface area contributed by atoms with Crippen LogP contribution in [0.2, 0.25) is 0 Å². The van der Waals surface area contributed by atoms with Gasteiger partial charge in [-0.3, -0.25) is 4.79 Å². The maximum atomic E-state index is 13.7. The van der Waals surface area contributed by atoms with Gasteiger partial charge in [0.2, 0.25) is 17.5 Å². The summed E-state index contributed by atoms with van der Waals surface area (Å²) in [6.07, 6.45) is -17.8. The monoisotopic (exact) mass is 609 g/mol. The first-order valence-electron chi connectivity index (χ1n) is 13.0. The van der Waals surface area contributed by atoms with Crippen molar-refractivity contribution in [3.05, 3.63) is 46.6 Å². The van der Waals surface area contributed by atoms with Crippen molar-refractivity contribution in [2.24, 2.45) is 0 Å². The van der Waals surface area contributed by atoms with Crippen molar-refractivity contribution < 1.29 is 74.4 Å². The number of fused-ring (bicyclic) bond motifs is 1. The summed E-state index contributed by atoms with van der Waals surface area (Å²) in [5.74, 6) is -2.54. The van der Waals surface area contributed by atoms with E-state index in [-0.39, 0.29) is 22.7 Å². The van der Waals surface area contributed by atoms with E-state index in [0.29, 0.717) is 0 Å². The lowest BCUT2D eigenvalue weighted by Gasteiger charge is -2.45. The summed E-state index contributed by atoms with van der Waals surface area (Å²) in [6.45, 7) is -1.64. The van der Waals surface area contributed by atoms with E-state index in [9.17, 15) is 55.9 Å². The number of benzene rings is 2. The summed E-state index contributed by atoms with van der Waals surface area (Å²) in [6, 6.07) is 6.99. The molecule has 234 valence electrons. The Hall–Kier alpha value is -3.55.